The van der Waals surface area contributed by atoms with E-state index >= 15 is 0 Å². The SMILES string of the molecule is Clc1ccc(-c2cc3n(n2)C(c2ccccc2)CC(c2ccccc2)=N3)cc1. The van der Waals surface area contributed by atoms with Gasteiger partial charge in [0, 0.05) is 23.1 Å². The Balaban J connectivity index is 1.64. The van der Waals surface area contributed by atoms with Gasteiger partial charge in [0.05, 0.1) is 17.4 Å². The summed E-state index contributed by atoms with van der Waals surface area (Å²) in [5.41, 5.74) is 5.42. The van der Waals surface area contributed by atoms with E-state index in [1.807, 2.05) is 41.1 Å². The summed E-state index contributed by atoms with van der Waals surface area (Å²) in [4.78, 5) is 4.95. The second-order valence-electron chi connectivity index (χ2n) is 6.89. The van der Waals surface area contributed by atoms with E-state index in [1.54, 1.807) is 0 Å². The number of benzene rings is 3. The van der Waals surface area contributed by atoms with Gasteiger partial charge in [-0.1, -0.05) is 84.4 Å². The summed E-state index contributed by atoms with van der Waals surface area (Å²) in [6.07, 6.45) is 0.808. The predicted octanol–water partition coefficient (Wildman–Crippen LogP) is 6.32. The fourth-order valence-electron chi connectivity index (χ4n) is 3.66. The molecule has 0 aliphatic carbocycles. The minimum Gasteiger partial charge on any atom is -0.239 e. The van der Waals surface area contributed by atoms with Gasteiger partial charge in [-0.3, -0.25) is 0 Å². The first-order chi connectivity index (χ1) is 13.8. The Kier molecular flexibility index (Phi) is 4.30. The Morgan fingerprint density at radius 1 is 0.786 bits per heavy atom. The van der Waals surface area contributed by atoms with Crippen LogP contribution in [0.4, 0.5) is 5.82 Å². The van der Waals surface area contributed by atoms with Gasteiger partial charge in [0.1, 0.15) is 0 Å². The molecule has 1 aromatic heterocycles. The normalized spacial score (nSPS) is 15.8. The van der Waals surface area contributed by atoms with Crippen LogP contribution >= 0.6 is 11.6 Å². The van der Waals surface area contributed by atoms with E-state index in [0.717, 1.165) is 39.8 Å². The first-order valence-corrected chi connectivity index (χ1v) is 9.69. The largest absolute Gasteiger partial charge is 0.239 e. The van der Waals surface area contributed by atoms with Crippen molar-refractivity contribution < 1.29 is 0 Å². The van der Waals surface area contributed by atoms with E-state index in [2.05, 4.69) is 54.6 Å². The average Bonchev–Trinajstić information content (AvgIpc) is 3.19. The van der Waals surface area contributed by atoms with Gasteiger partial charge in [-0.05, 0) is 23.3 Å². The number of fused-ring (bicyclic) bond motifs is 1. The summed E-state index contributed by atoms with van der Waals surface area (Å²) in [6.45, 7) is 0. The molecular formula is C24H18ClN3. The second-order valence-corrected chi connectivity index (χ2v) is 7.33. The maximum absolute atomic E-state index is 6.04. The van der Waals surface area contributed by atoms with E-state index in [0.29, 0.717) is 0 Å². The van der Waals surface area contributed by atoms with Crippen LogP contribution in [0, 0.1) is 0 Å². The summed E-state index contributed by atoms with van der Waals surface area (Å²) in [6, 6.07) is 30.8. The van der Waals surface area contributed by atoms with Crippen LogP contribution in [0.5, 0.6) is 0 Å². The second kappa shape index (κ2) is 7.10. The molecular weight excluding hydrogens is 366 g/mol. The summed E-state index contributed by atoms with van der Waals surface area (Å²) < 4.78 is 2.05. The van der Waals surface area contributed by atoms with E-state index < -0.39 is 0 Å². The van der Waals surface area contributed by atoms with Crippen LogP contribution in [-0.2, 0) is 0 Å². The third-order valence-corrected chi connectivity index (χ3v) is 5.33. The standard InChI is InChI=1S/C24H18ClN3/c25-20-13-11-18(12-14-20)22-16-24-26-21(17-7-3-1-4-8-17)15-23(28(24)27-22)19-9-5-2-6-10-19/h1-14,16,23H,15H2. The maximum atomic E-state index is 6.04. The molecule has 0 N–H and O–H groups in total. The average molecular weight is 384 g/mol. The van der Waals surface area contributed by atoms with Crippen molar-refractivity contribution in [3.05, 3.63) is 107 Å². The molecule has 1 atom stereocenters. The Bertz CT molecular complexity index is 1130. The molecule has 1 aliphatic rings. The third kappa shape index (κ3) is 3.14. The highest BCUT2D eigenvalue weighted by Gasteiger charge is 2.26. The molecule has 0 fully saturated rings. The smallest absolute Gasteiger partial charge is 0.151 e. The van der Waals surface area contributed by atoms with Gasteiger partial charge in [-0.2, -0.15) is 5.10 Å². The number of rotatable bonds is 3. The maximum Gasteiger partial charge on any atom is 0.151 e. The monoisotopic (exact) mass is 383 g/mol. The first kappa shape index (κ1) is 17.0. The predicted molar refractivity (Wildman–Crippen MR) is 115 cm³/mol. The summed E-state index contributed by atoms with van der Waals surface area (Å²) in [5.74, 6) is 0.879. The van der Waals surface area contributed by atoms with Crippen LogP contribution in [-0.4, -0.2) is 15.5 Å². The fourth-order valence-corrected chi connectivity index (χ4v) is 3.79. The Hall–Kier alpha value is -3.17. The molecule has 28 heavy (non-hydrogen) atoms. The molecule has 2 heterocycles. The topological polar surface area (TPSA) is 30.2 Å². The molecule has 0 amide bonds. The van der Waals surface area contributed by atoms with Crippen molar-refractivity contribution in [1.82, 2.24) is 9.78 Å². The van der Waals surface area contributed by atoms with Crippen LogP contribution in [0.2, 0.25) is 5.02 Å². The Morgan fingerprint density at radius 2 is 1.46 bits per heavy atom. The van der Waals surface area contributed by atoms with E-state index in [9.17, 15) is 0 Å². The molecule has 136 valence electrons. The van der Waals surface area contributed by atoms with Gasteiger partial charge in [-0.15, -0.1) is 0 Å². The Morgan fingerprint density at radius 3 is 2.18 bits per heavy atom. The Labute approximate surface area is 168 Å². The lowest BCUT2D eigenvalue weighted by Crippen LogP contribution is -2.21. The highest BCUT2D eigenvalue weighted by Crippen LogP contribution is 2.36. The lowest BCUT2D eigenvalue weighted by Gasteiger charge is -2.24. The zero-order valence-corrected chi connectivity index (χ0v) is 15.9. The van der Waals surface area contributed by atoms with Crippen LogP contribution in [0.25, 0.3) is 11.3 Å². The molecule has 3 nitrogen and oxygen atoms in total. The third-order valence-electron chi connectivity index (χ3n) is 5.08. The number of halogens is 1. The van der Waals surface area contributed by atoms with Crippen molar-refractivity contribution in [3.63, 3.8) is 0 Å². The highest BCUT2D eigenvalue weighted by atomic mass is 35.5. The number of hydrogen-bond acceptors (Lipinski definition) is 2. The lowest BCUT2D eigenvalue weighted by atomic mass is 9.96. The molecule has 0 spiro atoms. The molecule has 0 saturated heterocycles. The molecule has 5 rings (SSSR count). The molecule has 1 unspecified atom stereocenters. The molecule has 4 aromatic rings. The minimum atomic E-state index is 0.116. The number of aromatic nitrogens is 2. The highest BCUT2D eigenvalue weighted by molar-refractivity contribution is 6.30. The van der Waals surface area contributed by atoms with E-state index in [-0.39, 0.29) is 6.04 Å². The van der Waals surface area contributed by atoms with Gasteiger partial charge in [0.2, 0.25) is 0 Å². The van der Waals surface area contributed by atoms with E-state index in [4.69, 9.17) is 21.7 Å². The summed E-state index contributed by atoms with van der Waals surface area (Å²) in [5, 5.41) is 5.62. The zero-order valence-electron chi connectivity index (χ0n) is 15.2. The molecule has 3 aromatic carbocycles. The minimum absolute atomic E-state index is 0.116. The van der Waals surface area contributed by atoms with Gasteiger partial charge < -0.3 is 0 Å². The quantitative estimate of drug-likeness (QED) is 0.407. The number of hydrogen-bond donors (Lipinski definition) is 0. The van der Waals surface area contributed by atoms with Gasteiger partial charge in [-0.25, -0.2) is 9.67 Å². The van der Waals surface area contributed by atoms with Crippen molar-refractivity contribution in [2.24, 2.45) is 4.99 Å². The van der Waals surface area contributed by atoms with Gasteiger partial charge in [0.15, 0.2) is 5.82 Å². The van der Waals surface area contributed by atoms with Crippen LogP contribution in [0.3, 0.4) is 0 Å². The van der Waals surface area contributed by atoms with Crippen molar-refractivity contribution in [2.75, 3.05) is 0 Å². The lowest BCUT2D eigenvalue weighted by molar-refractivity contribution is 0.534. The van der Waals surface area contributed by atoms with Gasteiger partial charge in [0.25, 0.3) is 0 Å². The van der Waals surface area contributed by atoms with Crippen LogP contribution in [0.15, 0.2) is 96.0 Å². The zero-order chi connectivity index (χ0) is 18.9. The molecule has 0 radical (unpaired) electrons. The first-order valence-electron chi connectivity index (χ1n) is 9.31. The van der Waals surface area contributed by atoms with Crippen LogP contribution < -0.4 is 0 Å². The van der Waals surface area contributed by atoms with Crippen molar-refractivity contribution in [2.45, 2.75) is 12.5 Å². The molecule has 4 heteroatoms. The number of aliphatic imine (C=N–C) groups is 1. The fraction of sp³-hybridized carbons (Fsp3) is 0.0833. The van der Waals surface area contributed by atoms with Crippen molar-refractivity contribution in [3.8, 4) is 11.3 Å². The van der Waals surface area contributed by atoms with Crippen molar-refractivity contribution in [1.29, 1.82) is 0 Å². The molecule has 1 aliphatic heterocycles. The van der Waals surface area contributed by atoms with Crippen molar-refractivity contribution >= 4 is 23.1 Å². The molecule has 0 saturated carbocycles. The summed E-state index contributed by atoms with van der Waals surface area (Å²) >= 11 is 6.04. The van der Waals surface area contributed by atoms with Gasteiger partial charge >= 0.3 is 0 Å². The van der Waals surface area contributed by atoms with E-state index in [1.165, 1.54) is 5.56 Å². The summed E-state index contributed by atoms with van der Waals surface area (Å²) in [7, 11) is 0. The van der Waals surface area contributed by atoms with Crippen LogP contribution in [0.1, 0.15) is 23.6 Å². The molecule has 0 bridgehead atoms. The number of nitrogens with zero attached hydrogens (tertiary/aromatic N) is 3.